The van der Waals surface area contributed by atoms with Crippen LogP contribution in [0.1, 0.15) is 15.9 Å². The molecule has 1 N–H and O–H groups in total. The average molecular weight is 424 g/mol. The van der Waals surface area contributed by atoms with Crippen LogP contribution in [0.2, 0.25) is 5.02 Å². The highest BCUT2D eigenvalue weighted by atomic mass is 35.5. The number of halogens is 4. The Labute approximate surface area is 167 Å². The fourth-order valence-corrected chi connectivity index (χ4v) is 2.72. The Hall–Kier alpha value is -3.33. The summed E-state index contributed by atoms with van der Waals surface area (Å²) in [5, 5.41) is 6.24. The molecule has 3 aromatic rings. The van der Waals surface area contributed by atoms with Crippen molar-refractivity contribution in [3.8, 4) is 5.69 Å². The predicted molar refractivity (Wildman–Crippen MR) is 99.8 cm³/mol. The summed E-state index contributed by atoms with van der Waals surface area (Å²) in [6.07, 6.45) is 1.15. The molecule has 0 aliphatic heterocycles. The standard InChI is InChI=1S/C19H13ClF3N3O3/c1-29-19(28)10-2-4-13(22)11(6-10)8-24-15-9-25-26(18(27)17(15)20)16-5-3-12(21)7-14(16)23/h2-7,9,24H,8H2,1H3. The van der Waals surface area contributed by atoms with Gasteiger partial charge in [-0.2, -0.15) is 9.78 Å². The molecule has 3 rings (SSSR count). The number of esters is 1. The molecule has 10 heteroatoms. The second kappa shape index (κ2) is 8.36. The van der Waals surface area contributed by atoms with Gasteiger partial charge in [-0.1, -0.05) is 11.6 Å². The summed E-state index contributed by atoms with van der Waals surface area (Å²) < 4.78 is 46.3. The third kappa shape index (κ3) is 4.24. The fraction of sp³-hybridized carbons (Fsp3) is 0.105. The first-order valence-electron chi connectivity index (χ1n) is 8.15. The van der Waals surface area contributed by atoms with Crippen LogP contribution in [-0.2, 0) is 11.3 Å². The maximum Gasteiger partial charge on any atom is 0.337 e. The Kier molecular flexibility index (Phi) is 5.88. The summed E-state index contributed by atoms with van der Waals surface area (Å²) in [5.74, 6) is -3.01. The number of carbonyl (C=O) groups is 1. The van der Waals surface area contributed by atoms with Crippen LogP contribution in [0.25, 0.3) is 5.69 Å². The maximum atomic E-state index is 14.0. The maximum absolute atomic E-state index is 14.0. The summed E-state index contributed by atoms with van der Waals surface area (Å²) in [6.45, 7) is -0.119. The quantitative estimate of drug-likeness (QED) is 0.633. The van der Waals surface area contributed by atoms with Crippen LogP contribution in [0.3, 0.4) is 0 Å². The Morgan fingerprint density at radius 1 is 1.17 bits per heavy atom. The van der Waals surface area contributed by atoms with Crippen LogP contribution < -0.4 is 10.9 Å². The van der Waals surface area contributed by atoms with Crippen molar-refractivity contribution in [3.63, 3.8) is 0 Å². The minimum Gasteiger partial charge on any atom is -0.465 e. The molecule has 0 saturated heterocycles. The lowest BCUT2D eigenvalue weighted by Gasteiger charge is -2.12. The largest absolute Gasteiger partial charge is 0.465 e. The van der Waals surface area contributed by atoms with Crippen LogP contribution in [0.5, 0.6) is 0 Å². The summed E-state index contributed by atoms with van der Waals surface area (Å²) in [4.78, 5) is 24.0. The number of anilines is 1. The summed E-state index contributed by atoms with van der Waals surface area (Å²) in [7, 11) is 1.20. The molecule has 0 aliphatic rings. The van der Waals surface area contributed by atoms with Gasteiger partial charge in [0.15, 0.2) is 5.82 Å². The molecule has 0 radical (unpaired) electrons. The first-order valence-corrected chi connectivity index (χ1v) is 8.53. The number of hydrogen-bond acceptors (Lipinski definition) is 5. The summed E-state index contributed by atoms with van der Waals surface area (Å²) in [6, 6.07) is 6.32. The van der Waals surface area contributed by atoms with E-state index in [4.69, 9.17) is 11.6 Å². The topological polar surface area (TPSA) is 73.2 Å². The third-order valence-electron chi connectivity index (χ3n) is 3.99. The average Bonchev–Trinajstić information content (AvgIpc) is 2.70. The van der Waals surface area contributed by atoms with E-state index in [0.717, 1.165) is 24.4 Å². The summed E-state index contributed by atoms with van der Waals surface area (Å²) >= 11 is 6.04. The van der Waals surface area contributed by atoms with Gasteiger partial charge in [0, 0.05) is 18.2 Å². The molecule has 0 bridgehead atoms. The van der Waals surface area contributed by atoms with Crippen molar-refractivity contribution in [2.45, 2.75) is 6.54 Å². The van der Waals surface area contributed by atoms with E-state index in [1.807, 2.05) is 0 Å². The van der Waals surface area contributed by atoms with Crippen LogP contribution in [0.4, 0.5) is 18.9 Å². The number of carbonyl (C=O) groups excluding carboxylic acids is 1. The summed E-state index contributed by atoms with van der Waals surface area (Å²) in [5.41, 5.74) is -0.791. The van der Waals surface area contributed by atoms with E-state index >= 15 is 0 Å². The van der Waals surface area contributed by atoms with Crippen molar-refractivity contribution >= 4 is 23.3 Å². The molecule has 0 unspecified atom stereocenters. The molecule has 0 atom stereocenters. The van der Waals surface area contributed by atoms with Crippen molar-refractivity contribution in [3.05, 3.63) is 86.6 Å². The first-order chi connectivity index (χ1) is 13.8. The first kappa shape index (κ1) is 20.4. The van der Waals surface area contributed by atoms with E-state index < -0.39 is 29.0 Å². The number of ether oxygens (including phenoxy) is 1. The second-order valence-corrected chi connectivity index (χ2v) is 6.21. The number of hydrogen-bond donors (Lipinski definition) is 1. The lowest BCUT2D eigenvalue weighted by Crippen LogP contribution is -2.23. The molecule has 0 saturated carbocycles. The molecule has 1 aromatic heterocycles. The van der Waals surface area contributed by atoms with Gasteiger partial charge in [0.1, 0.15) is 22.3 Å². The molecule has 0 fully saturated rings. The molecular weight excluding hydrogens is 411 g/mol. The molecule has 2 aromatic carbocycles. The van der Waals surface area contributed by atoms with Gasteiger partial charge >= 0.3 is 5.97 Å². The van der Waals surface area contributed by atoms with Gasteiger partial charge in [0.25, 0.3) is 5.56 Å². The van der Waals surface area contributed by atoms with E-state index in [2.05, 4.69) is 15.2 Å². The zero-order valence-electron chi connectivity index (χ0n) is 14.9. The molecule has 0 spiro atoms. The molecule has 1 heterocycles. The Balaban J connectivity index is 1.87. The zero-order chi connectivity index (χ0) is 21.1. The van der Waals surface area contributed by atoms with Crippen molar-refractivity contribution in [1.29, 1.82) is 0 Å². The highest BCUT2D eigenvalue weighted by Crippen LogP contribution is 2.20. The van der Waals surface area contributed by atoms with Gasteiger partial charge in [-0.25, -0.2) is 18.0 Å². The number of nitrogens with zero attached hydrogens (tertiary/aromatic N) is 2. The van der Waals surface area contributed by atoms with Gasteiger partial charge in [-0.15, -0.1) is 0 Å². The number of nitrogens with one attached hydrogen (secondary N) is 1. The van der Waals surface area contributed by atoms with Gasteiger partial charge < -0.3 is 10.1 Å². The second-order valence-electron chi connectivity index (χ2n) is 5.84. The number of methoxy groups -OCH3 is 1. The monoisotopic (exact) mass is 423 g/mol. The van der Waals surface area contributed by atoms with Crippen LogP contribution in [0.15, 0.2) is 47.4 Å². The van der Waals surface area contributed by atoms with Crippen molar-refractivity contribution < 1.29 is 22.7 Å². The number of rotatable bonds is 5. The molecule has 29 heavy (non-hydrogen) atoms. The van der Waals surface area contributed by atoms with E-state index in [0.29, 0.717) is 10.7 Å². The van der Waals surface area contributed by atoms with Crippen LogP contribution >= 0.6 is 11.6 Å². The fourth-order valence-electron chi connectivity index (χ4n) is 2.53. The highest BCUT2D eigenvalue weighted by molar-refractivity contribution is 6.32. The molecule has 150 valence electrons. The zero-order valence-corrected chi connectivity index (χ0v) is 15.6. The van der Waals surface area contributed by atoms with E-state index in [9.17, 15) is 22.8 Å². The normalized spacial score (nSPS) is 10.7. The van der Waals surface area contributed by atoms with Gasteiger partial charge in [0.2, 0.25) is 0 Å². The Bertz CT molecular complexity index is 1150. The Morgan fingerprint density at radius 3 is 2.62 bits per heavy atom. The van der Waals surface area contributed by atoms with E-state index in [1.165, 1.54) is 19.2 Å². The Morgan fingerprint density at radius 2 is 1.93 bits per heavy atom. The number of benzene rings is 2. The van der Waals surface area contributed by atoms with Crippen LogP contribution in [-0.4, -0.2) is 22.9 Å². The minimum atomic E-state index is -0.988. The highest BCUT2D eigenvalue weighted by Gasteiger charge is 2.15. The molecular formula is C19H13ClF3N3O3. The minimum absolute atomic E-state index is 0.0679. The van der Waals surface area contributed by atoms with Crippen molar-refractivity contribution in [2.24, 2.45) is 0 Å². The van der Waals surface area contributed by atoms with E-state index in [-0.39, 0.29) is 34.1 Å². The van der Waals surface area contributed by atoms with Crippen molar-refractivity contribution in [1.82, 2.24) is 9.78 Å². The molecule has 0 aliphatic carbocycles. The smallest absolute Gasteiger partial charge is 0.337 e. The number of aromatic nitrogens is 2. The van der Waals surface area contributed by atoms with E-state index in [1.54, 1.807) is 0 Å². The van der Waals surface area contributed by atoms with Gasteiger partial charge in [-0.3, -0.25) is 4.79 Å². The van der Waals surface area contributed by atoms with Gasteiger partial charge in [-0.05, 0) is 30.3 Å². The lowest BCUT2D eigenvalue weighted by atomic mass is 10.1. The van der Waals surface area contributed by atoms with Crippen LogP contribution in [0, 0.1) is 17.5 Å². The SMILES string of the molecule is COC(=O)c1ccc(F)c(CNc2cnn(-c3ccc(F)cc3F)c(=O)c2Cl)c1. The van der Waals surface area contributed by atoms with Crippen molar-refractivity contribution in [2.75, 3.05) is 12.4 Å². The molecule has 0 amide bonds. The van der Waals surface area contributed by atoms with Gasteiger partial charge in [0.05, 0.1) is 24.6 Å². The predicted octanol–water partition coefficient (Wildman–Crippen LogP) is 3.70. The lowest BCUT2D eigenvalue weighted by molar-refractivity contribution is 0.0600. The molecule has 6 nitrogen and oxygen atoms in total. The third-order valence-corrected chi connectivity index (χ3v) is 4.36.